The van der Waals surface area contributed by atoms with Gasteiger partial charge in [-0.3, -0.25) is 0 Å². The van der Waals surface area contributed by atoms with Gasteiger partial charge in [-0.25, -0.2) is 0 Å². The Kier molecular flexibility index (Phi) is 4.78. The topological polar surface area (TPSA) is 35.4 Å². The molecule has 0 radical (unpaired) electrons. The molecule has 4 nitrogen and oxygen atoms in total. The molecule has 0 bridgehead atoms. The highest BCUT2D eigenvalue weighted by molar-refractivity contribution is 5.81. The van der Waals surface area contributed by atoms with Gasteiger partial charge in [0, 0.05) is 43.3 Å². The van der Waals surface area contributed by atoms with Crippen molar-refractivity contribution in [3.05, 3.63) is 30.5 Å². The zero-order chi connectivity index (χ0) is 14.5. The molecule has 1 N–H and O–H groups in total. The first-order chi connectivity index (χ1) is 10.4. The molecule has 0 spiro atoms. The SMILES string of the molecule is CCOc1ccc2c(ccn2CCNCC2CCOC2)c1. The minimum Gasteiger partial charge on any atom is -0.494 e. The second-order valence-corrected chi connectivity index (χ2v) is 5.60. The Morgan fingerprint density at radius 1 is 1.38 bits per heavy atom. The zero-order valence-corrected chi connectivity index (χ0v) is 12.7. The molecule has 2 aromatic rings. The van der Waals surface area contributed by atoms with Crippen LogP contribution in [0.15, 0.2) is 30.5 Å². The third-order valence-electron chi connectivity index (χ3n) is 4.04. The van der Waals surface area contributed by atoms with Crippen LogP contribution in [0.25, 0.3) is 10.9 Å². The van der Waals surface area contributed by atoms with Crippen molar-refractivity contribution in [2.45, 2.75) is 19.9 Å². The molecule has 0 aliphatic carbocycles. The van der Waals surface area contributed by atoms with Crippen LogP contribution >= 0.6 is 0 Å². The van der Waals surface area contributed by atoms with E-state index in [2.05, 4.69) is 34.3 Å². The van der Waals surface area contributed by atoms with E-state index in [0.29, 0.717) is 12.5 Å². The van der Waals surface area contributed by atoms with Crippen molar-refractivity contribution in [2.75, 3.05) is 32.9 Å². The summed E-state index contributed by atoms with van der Waals surface area (Å²) in [7, 11) is 0. The van der Waals surface area contributed by atoms with E-state index in [0.717, 1.165) is 38.6 Å². The first kappa shape index (κ1) is 14.4. The third-order valence-corrected chi connectivity index (χ3v) is 4.04. The number of rotatable bonds is 7. The number of hydrogen-bond donors (Lipinski definition) is 1. The summed E-state index contributed by atoms with van der Waals surface area (Å²) in [4.78, 5) is 0. The van der Waals surface area contributed by atoms with E-state index in [4.69, 9.17) is 9.47 Å². The van der Waals surface area contributed by atoms with E-state index in [1.807, 2.05) is 13.0 Å². The van der Waals surface area contributed by atoms with Gasteiger partial charge in [0.25, 0.3) is 0 Å². The maximum absolute atomic E-state index is 5.55. The zero-order valence-electron chi connectivity index (χ0n) is 12.7. The average molecular weight is 288 g/mol. The molecule has 3 rings (SSSR count). The van der Waals surface area contributed by atoms with Crippen LogP contribution in [0.2, 0.25) is 0 Å². The molecule has 114 valence electrons. The summed E-state index contributed by atoms with van der Waals surface area (Å²) < 4.78 is 13.2. The Morgan fingerprint density at radius 2 is 2.33 bits per heavy atom. The highest BCUT2D eigenvalue weighted by Gasteiger charge is 2.14. The quantitative estimate of drug-likeness (QED) is 0.796. The summed E-state index contributed by atoms with van der Waals surface area (Å²) in [6.07, 6.45) is 3.35. The molecule has 1 aromatic carbocycles. The van der Waals surface area contributed by atoms with Gasteiger partial charge in [-0.2, -0.15) is 0 Å². The molecule has 1 fully saturated rings. The second kappa shape index (κ2) is 6.96. The fourth-order valence-electron chi connectivity index (χ4n) is 2.88. The number of nitrogens with one attached hydrogen (secondary N) is 1. The van der Waals surface area contributed by atoms with Gasteiger partial charge < -0.3 is 19.4 Å². The number of fused-ring (bicyclic) bond motifs is 1. The number of aromatic nitrogens is 1. The van der Waals surface area contributed by atoms with Gasteiger partial charge in [0.15, 0.2) is 0 Å². The molecule has 0 saturated carbocycles. The molecule has 1 unspecified atom stereocenters. The first-order valence-electron chi connectivity index (χ1n) is 7.87. The number of benzene rings is 1. The third kappa shape index (κ3) is 3.57. The lowest BCUT2D eigenvalue weighted by Gasteiger charge is -2.11. The summed E-state index contributed by atoms with van der Waals surface area (Å²) >= 11 is 0. The van der Waals surface area contributed by atoms with Crippen molar-refractivity contribution in [3.63, 3.8) is 0 Å². The van der Waals surface area contributed by atoms with Crippen LogP contribution in [-0.4, -0.2) is 37.5 Å². The Bertz CT molecular complexity index is 573. The van der Waals surface area contributed by atoms with Gasteiger partial charge in [0.05, 0.1) is 13.2 Å². The molecule has 2 heterocycles. The summed E-state index contributed by atoms with van der Waals surface area (Å²) in [5.74, 6) is 1.64. The maximum atomic E-state index is 5.55. The van der Waals surface area contributed by atoms with Crippen molar-refractivity contribution < 1.29 is 9.47 Å². The van der Waals surface area contributed by atoms with E-state index in [1.54, 1.807) is 0 Å². The molecular formula is C17H24N2O2. The van der Waals surface area contributed by atoms with Crippen molar-refractivity contribution in [3.8, 4) is 5.75 Å². The smallest absolute Gasteiger partial charge is 0.120 e. The molecule has 1 saturated heterocycles. The van der Waals surface area contributed by atoms with E-state index in [1.165, 1.54) is 17.3 Å². The van der Waals surface area contributed by atoms with Crippen LogP contribution in [0.1, 0.15) is 13.3 Å². The van der Waals surface area contributed by atoms with E-state index in [9.17, 15) is 0 Å². The molecule has 1 atom stereocenters. The van der Waals surface area contributed by atoms with E-state index < -0.39 is 0 Å². The van der Waals surface area contributed by atoms with Crippen molar-refractivity contribution in [2.24, 2.45) is 5.92 Å². The largest absolute Gasteiger partial charge is 0.494 e. The minimum atomic E-state index is 0.695. The van der Waals surface area contributed by atoms with Crippen LogP contribution in [0, 0.1) is 5.92 Å². The molecular weight excluding hydrogens is 264 g/mol. The van der Waals surface area contributed by atoms with Crippen LogP contribution in [0.4, 0.5) is 0 Å². The lowest BCUT2D eigenvalue weighted by Crippen LogP contribution is -2.26. The molecule has 1 aromatic heterocycles. The summed E-state index contributed by atoms with van der Waals surface area (Å²) in [6.45, 7) is 7.61. The lowest BCUT2D eigenvalue weighted by atomic mass is 10.1. The molecule has 1 aliphatic heterocycles. The van der Waals surface area contributed by atoms with Gasteiger partial charge in [0.2, 0.25) is 0 Å². The lowest BCUT2D eigenvalue weighted by molar-refractivity contribution is 0.185. The molecule has 21 heavy (non-hydrogen) atoms. The van der Waals surface area contributed by atoms with E-state index in [-0.39, 0.29) is 0 Å². The number of nitrogens with zero attached hydrogens (tertiary/aromatic N) is 1. The fourth-order valence-corrected chi connectivity index (χ4v) is 2.88. The number of hydrogen-bond acceptors (Lipinski definition) is 3. The fraction of sp³-hybridized carbons (Fsp3) is 0.529. The van der Waals surface area contributed by atoms with Crippen LogP contribution < -0.4 is 10.1 Å². The van der Waals surface area contributed by atoms with Crippen molar-refractivity contribution in [1.82, 2.24) is 9.88 Å². The Hall–Kier alpha value is -1.52. The van der Waals surface area contributed by atoms with Crippen molar-refractivity contribution in [1.29, 1.82) is 0 Å². The summed E-state index contributed by atoms with van der Waals surface area (Å²) in [6, 6.07) is 8.46. The monoisotopic (exact) mass is 288 g/mol. The maximum Gasteiger partial charge on any atom is 0.120 e. The summed E-state index contributed by atoms with van der Waals surface area (Å²) in [5, 5.41) is 4.78. The predicted octanol–water partition coefficient (Wildman–Crippen LogP) is 2.67. The summed E-state index contributed by atoms with van der Waals surface area (Å²) in [5.41, 5.74) is 1.27. The molecule has 0 amide bonds. The average Bonchev–Trinajstić information content (AvgIpc) is 3.13. The Labute approximate surface area is 126 Å². The van der Waals surface area contributed by atoms with Gasteiger partial charge in [-0.05, 0) is 43.5 Å². The highest BCUT2D eigenvalue weighted by atomic mass is 16.5. The van der Waals surface area contributed by atoms with E-state index >= 15 is 0 Å². The Morgan fingerprint density at radius 3 is 3.14 bits per heavy atom. The highest BCUT2D eigenvalue weighted by Crippen LogP contribution is 2.22. The standard InChI is InChI=1S/C17H24N2O2/c1-2-21-16-3-4-17-15(11-16)5-8-19(17)9-7-18-12-14-6-10-20-13-14/h3-5,8,11,14,18H,2,6-7,9-10,12-13H2,1H3. The minimum absolute atomic E-state index is 0.695. The van der Waals surface area contributed by atoms with Crippen molar-refractivity contribution >= 4 is 10.9 Å². The second-order valence-electron chi connectivity index (χ2n) is 5.60. The van der Waals surface area contributed by atoms with Crippen LogP contribution in [-0.2, 0) is 11.3 Å². The van der Waals surface area contributed by atoms with Crippen LogP contribution in [0.3, 0.4) is 0 Å². The molecule has 1 aliphatic rings. The normalized spacial score (nSPS) is 18.4. The van der Waals surface area contributed by atoms with Gasteiger partial charge >= 0.3 is 0 Å². The predicted molar refractivity (Wildman–Crippen MR) is 84.9 cm³/mol. The van der Waals surface area contributed by atoms with Gasteiger partial charge in [-0.1, -0.05) is 0 Å². The molecule has 4 heteroatoms. The van der Waals surface area contributed by atoms with Gasteiger partial charge in [0.1, 0.15) is 5.75 Å². The van der Waals surface area contributed by atoms with Gasteiger partial charge in [-0.15, -0.1) is 0 Å². The Balaban J connectivity index is 1.54. The van der Waals surface area contributed by atoms with Crippen LogP contribution in [0.5, 0.6) is 5.75 Å². The first-order valence-corrected chi connectivity index (χ1v) is 7.87. The number of ether oxygens (including phenoxy) is 2.